The quantitative estimate of drug-likeness (QED) is 0.894. The molecule has 1 amide bonds. The second-order valence-corrected chi connectivity index (χ2v) is 7.34. The molecule has 136 valence electrons. The van der Waals surface area contributed by atoms with Crippen LogP contribution in [0.4, 0.5) is 5.95 Å². The molecular weight excluding hydrogens is 330 g/mol. The smallest absolute Gasteiger partial charge is 0.253 e. The fraction of sp³-hybridized carbons (Fsp3) is 0.421. The van der Waals surface area contributed by atoms with Crippen LogP contribution in [-0.2, 0) is 0 Å². The molecular formula is C19H23N5O2. The van der Waals surface area contributed by atoms with Gasteiger partial charge in [-0.3, -0.25) is 4.79 Å². The molecule has 1 spiro atoms. The van der Waals surface area contributed by atoms with Gasteiger partial charge in [0.05, 0.1) is 12.8 Å². The van der Waals surface area contributed by atoms with E-state index in [1.165, 1.54) is 0 Å². The van der Waals surface area contributed by atoms with Crippen LogP contribution in [-0.4, -0.2) is 66.0 Å². The van der Waals surface area contributed by atoms with Crippen molar-refractivity contribution in [3.63, 3.8) is 0 Å². The zero-order chi connectivity index (χ0) is 18.3. The van der Waals surface area contributed by atoms with Crippen molar-refractivity contribution in [2.24, 2.45) is 5.41 Å². The minimum atomic E-state index is 0.0394. The van der Waals surface area contributed by atoms with E-state index < -0.39 is 0 Å². The number of nitrogens with zero attached hydrogens (tertiary/aromatic N) is 4. The first-order chi connectivity index (χ1) is 12.5. The molecule has 2 fully saturated rings. The Morgan fingerprint density at radius 2 is 1.96 bits per heavy atom. The van der Waals surface area contributed by atoms with E-state index in [9.17, 15) is 4.79 Å². The minimum absolute atomic E-state index is 0.0394. The van der Waals surface area contributed by atoms with Crippen LogP contribution in [0.2, 0.25) is 0 Å². The summed E-state index contributed by atoms with van der Waals surface area (Å²) >= 11 is 0. The van der Waals surface area contributed by atoms with Crippen molar-refractivity contribution in [1.29, 1.82) is 0 Å². The van der Waals surface area contributed by atoms with Crippen LogP contribution in [0, 0.1) is 5.41 Å². The number of likely N-dealkylation sites (N-methyl/N-ethyl adjacent to an activating group) is 1. The second kappa shape index (κ2) is 6.25. The number of hydrogen-bond acceptors (Lipinski definition) is 6. The lowest BCUT2D eigenvalue weighted by Gasteiger charge is -2.51. The van der Waals surface area contributed by atoms with Crippen molar-refractivity contribution in [3.8, 4) is 5.75 Å². The molecule has 7 heteroatoms. The number of nitrogens with two attached hydrogens (primary N) is 1. The Kier molecular flexibility index (Phi) is 4.03. The van der Waals surface area contributed by atoms with Gasteiger partial charge in [-0.15, -0.1) is 0 Å². The summed E-state index contributed by atoms with van der Waals surface area (Å²) in [4.78, 5) is 25.4. The Bertz CT molecular complexity index is 817. The van der Waals surface area contributed by atoms with Crippen LogP contribution in [0.1, 0.15) is 22.0 Å². The van der Waals surface area contributed by atoms with Crippen LogP contribution in [0.3, 0.4) is 0 Å². The molecule has 26 heavy (non-hydrogen) atoms. The Labute approximate surface area is 152 Å². The Morgan fingerprint density at radius 1 is 1.23 bits per heavy atom. The molecule has 2 saturated heterocycles. The number of methoxy groups -OCH3 is 1. The summed E-state index contributed by atoms with van der Waals surface area (Å²) in [5.74, 6) is 1.38. The predicted octanol–water partition coefficient (Wildman–Crippen LogP) is 1.24. The Hall–Kier alpha value is -2.67. The summed E-state index contributed by atoms with van der Waals surface area (Å²) in [6.45, 7) is 3.34. The maximum absolute atomic E-state index is 12.8. The molecule has 4 rings (SSSR count). The first-order valence-corrected chi connectivity index (χ1v) is 8.71. The molecule has 2 N–H and O–H groups in total. The van der Waals surface area contributed by atoms with Gasteiger partial charge >= 0.3 is 0 Å². The van der Waals surface area contributed by atoms with Gasteiger partial charge in [-0.1, -0.05) is 0 Å². The summed E-state index contributed by atoms with van der Waals surface area (Å²) in [6.07, 6.45) is 1.71. The van der Waals surface area contributed by atoms with E-state index in [0.29, 0.717) is 11.5 Å². The van der Waals surface area contributed by atoms with E-state index in [1.807, 2.05) is 35.2 Å². The van der Waals surface area contributed by atoms with Gasteiger partial charge in [-0.25, -0.2) is 9.97 Å². The number of carbonyl (C=O) groups is 1. The van der Waals surface area contributed by atoms with Crippen LogP contribution < -0.4 is 10.5 Å². The lowest BCUT2D eigenvalue weighted by atomic mass is 9.70. The lowest BCUT2D eigenvalue weighted by molar-refractivity contribution is 0.00355. The zero-order valence-corrected chi connectivity index (χ0v) is 15.1. The van der Waals surface area contributed by atoms with Gasteiger partial charge in [0.1, 0.15) is 5.75 Å². The van der Waals surface area contributed by atoms with Crippen LogP contribution in [0.25, 0.3) is 0 Å². The van der Waals surface area contributed by atoms with Gasteiger partial charge < -0.3 is 20.3 Å². The number of carbonyl (C=O) groups excluding carboxylic acids is 1. The van der Waals surface area contributed by atoms with Crippen molar-refractivity contribution in [1.82, 2.24) is 19.8 Å². The molecule has 1 aromatic heterocycles. The fourth-order valence-corrected chi connectivity index (χ4v) is 4.30. The van der Waals surface area contributed by atoms with E-state index in [4.69, 9.17) is 10.5 Å². The molecule has 1 unspecified atom stereocenters. The first-order valence-electron chi connectivity index (χ1n) is 8.71. The number of nitrogen functional groups attached to an aromatic ring is 1. The number of rotatable bonds is 3. The third-order valence-electron chi connectivity index (χ3n) is 5.51. The summed E-state index contributed by atoms with van der Waals surface area (Å²) in [6, 6.07) is 9.21. The monoisotopic (exact) mass is 353 g/mol. The van der Waals surface area contributed by atoms with Crippen molar-refractivity contribution in [3.05, 3.63) is 47.8 Å². The number of aromatic nitrogens is 2. The molecule has 2 aromatic rings. The van der Waals surface area contributed by atoms with E-state index in [0.717, 1.165) is 37.6 Å². The van der Waals surface area contributed by atoms with E-state index in [2.05, 4.69) is 21.9 Å². The average molecular weight is 353 g/mol. The summed E-state index contributed by atoms with van der Waals surface area (Å²) < 4.78 is 5.16. The zero-order valence-electron chi connectivity index (χ0n) is 15.1. The number of anilines is 1. The lowest BCUT2D eigenvalue weighted by Crippen LogP contribution is -2.61. The molecule has 2 aliphatic rings. The topological polar surface area (TPSA) is 84.6 Å². The number of hydrogen-bond donors (Lipinski definition) is 1. The van der Waals surface area contributed by atoms with Gasteiger partial charge in [0.2, 0.25) is 5.95 Å². The van der Waals surface area contributed by atoms with Crippen LogP contribution in [0.15, 0.2) is 36.5 Å². The van der Waals surface area contributed by atoms with Crippen molar-refractivity contribution < 1.29 is 9.53 Å². The highest BCUT2D eigenvalue weighted by Crippen LogP contribution is 2.48. The molecule has 0 bridgehead atoms. The number of amides is 1. The number of ether oxygens (including phenoxy) is 1. The van der Waals surface area contributed by atoms with Crippen molar-refractivity contribution >= 4 is 11.9 Å². The summed E-state index contributed by atoms with van der Waals surface area (Å²) in [7, 11) is 3.73. The maximum Gasteiger partial charge on any atom is 0.253 e. The minimum Gasteiger partial charge on any atom is -0.497 e. The fourth-order valence-electron chi connectivity index (χ4n) is 4.30. The number of likely N-dealkylation sites (tertiary alicyclic amines) is 2. The number of benzene rings is 1. The molecule has 1 aromatic carbocycles. The predicted molar refractivity (Wildman–Crippen MR) is 98.0 cm³/mol. The molecule has 7 nitrogen and oxygen atoms in total. The molecule has 1 atom stereocenters. The third kappa shape index (κ3) is 2.78. The first kappa shape index (κ1) is 16.8. The highest BCUT2D eigenvalue weighted by Gasteiger charge is 2.55. The largest absolute Gasteiger partial charge is 0.497 e. The van der Waals surface area contributed by atoms with Crippen LogP contribution >= 0.6 is 0 Å². The molecule has 0 radical (unpaired) electrons. The Morgan fingerprint density at radius 3 is 2.62 bits per heavy atom. The standard InChI is InChI=1S/C19H23N5O2/c1-23-9-15(16-7-8-21-18(20)22-16)19(10-23)11-24(12-19)17(25)13-3-5-14(26-2)6-4-13/h3-8,15H,9-12H2,1-2H3,(H2,20,21,22). The van der Waals surface area contributed by atoms with Gasteiger partial charge in [0, 0.05) is 49.3 Å². The summed E-state index contributed by atoms with van der Waals surface area (Å²) in [5.41, 5.74) is 7.47. The van der Waals surface area contributed by atoms with E-state index in [-0.39, 0.29) is 17.2 Å². The highest BCUT2D eigenvalue weighted by molar-refractivity contribution is 5.95. The second-order valence-electron chi connectivity index (χ2n) is 7.34. The van der Waals surface area contributed by atoms with Gasteiger partial charge in [-0.05, 0) is 37.4 Å². The molecule has 0 saturated carbocycles. The maximum atomic E-state index is 12.8. The third-order valence-corrected chi connectivity index (χ3v) is 5.51. The van der Waals surface area contributed by atoms with Gasteiger partial charge in [0.15, 0.2) is 0 Å². The molecule has 3 heterocycles. The van der Waals surface area contributed by atoms with Crippen molar-refractivity contribution in [2.45, 2.75) is 5.92 Å². The van der Waals surface area contributed by atoms with Gasteiger partial charge in [-0.2, -0.15) is 0 Å². The Balaban J connectivity index is 1.51. The molecule has 2 aliphatic heterocycles. The highest BCUT2D eigenvalue weighted by atomic mass is 16.5. The van der Waals surface area contributed by atoms with Crippen LogP contribution in [0.5, 0.6) is 5.75 Å². The van der Waals surface area contributed by atoms with E-state index >= 15 is 0 Å². The van der Waals surface area contributed by atoms with E-state index in [1.54, 1.807) is 13.3 Å². The SMILES string of the molecule is COc1ccc(C(=O)N2CC3(CN(C)CC3c3ccnc(N)n3)C2)cc1. The normalized spacial score (nSPS) is 21.6. The average Bonchev–Trinajstić information content (AvgIpc) is 2.97. The molecule has 0 aliphatic carbocycles. The van der Waals surface area contributed by atoms with Crippen molar-refractivity contribution in [2.75, 3.05) is 46.1 Å². The summed E-state index contributed by atoms with van der Waals surface area (Å²) in [5, 5.41) is 0. The van der Waals surface area contributed by atoms with Gasteiger partial charge in [0.25, 0.3) is 5.91 Å².